The Labute approximate surface area is 74.7 Å². The molecule has 5 heteroatoms. The van der Waals surface area contributed by atoms with E-state index < -0.39 is 36.8 Å². The molecule has 0 saturated heterocycles. The van der Waals surface area contributed by atoms with E-state index in [0.717, 1.165) is 0 Å². The van der Waals surface area contributed by atoms with Crippen LogP contribution in [0.4, 0.5) is 8.78 Å². The minimum atomic E-state index is -2.82. The number of esters is 1. The van der Waals surface area contributed by atoms with Gasteiger partial charge in [-0.05, 0) is 6.92 Å². The van der Waals surface area contributed by atoms with Crippen molar-refractivity contribution in [2.24, 2.45) is 5.41 Å². The van der Waals surface area contributed by atoms with Crippen molar-refractivity contribution >= 4 is 5.97 Å². The smallest absolute Gasteiger partial charge is 0.314 e. The number of aliphatic hydroxyl groups excluding tert-OH is 1. The summed E-state index contributed by atoms with van der Waals surface area (Å²) >= 11 is 0. The van der Waals surface area contributed by atoms with Gasteiger partial charge in [-0.25, -0.2) is 8.78 Å². The lowest BCUT2D eigenvalue weighted by Gasteiger charge is -2.43. The highest BCUT2D eigenvalue weighted by molar-refractivity contribution is 5.78. The summed E-state index contributed by atoms with van der Waals surface area (Å²) in [5, 5.41) is 8.83. The molecule has 13 heavy (non-hydrogen) atoms. The number of hydrogen-bond donors (Lipinski definition) is 1. The molecule has 0 amide bonds. The van der Waals surface area contributed by atoms with Gasteiger partial charge in [0.05, 0.1) is 13.2 Å². The number of carbonyl (C=O) groups is 1. The summed E-state index contributed by atoms with van der Waals surface area (Å²) in [6.45, 7) is 1.17. The van der Waals surface area contributed by atoms with Gasteiger partial charge in [0, 0.05) is 12.8 Å². The monoisotopic (exact) mass is 194 g/mol. The molecule has 0 aromatic carbocycles. The average molecular weight is 194 g/mol. The van der Waals surface area contributed by atoms with Crippen LogP contribution >= 0.6 is 0 Å². The average Bonchev–Trinajstić information content (AvgIpc) is 1.99. The van der Waals surface area contributed by atoms with Crippen molar-refractivity contribution in [2.45, 2.75) is 25.7 Å². The van der Waals surface area contributed by atoms with Gasteiger partial charge in [-0.1, -0.05) is 0 Å². The summed E-state index contributed by atoms with van der Waals surface area (Å²) in [5.74, 6) is -3.54. The maximum Gasteiger partial charge on any atom is 0.314 e. The van der Waals surface area contributed by atoms with Crippen molar-refractivity contribution in [1.82, 2.24) is 0 Å². The molecule has 1 fully saturated rings. The van der Waals surface area contributed by atoms with E-state index >= 15 is 0 Å². The molecule has 0 aromatic rings. The number of hydrogen-bond acceptors (Lipinski definition) is 3. The van der Waals surface area contributed by atoms with E-state index in [0.29, 0.717) is 0 Å². The van der Waals surface area contributed by atoms with Crippen LogP contribution in [0.2, 0.25) is 0 Å². The lowest BCUT2D eigenvalue weighted by molar-refractivity contribution is -0.206. The zero-order valence-corrected chi connectivity index (χ0v) is 7.35. The highest BCUT2D eigenvalue weighted by atomic mass is 19.3. The van der Waals surface area contributed by atoms with Gasteiger partial charge in [0.2, 0.25) is 0 Å². The minimum absolute atomic E-state index is 0.145. The van der Waals surface area contributed by atoms with Gasteiger partial charge in [0.1, 0.15) is 5.41 Å². The molecule has 0 spiro atoms. The van der Waals surface area contributed by atoms with E-state index in [-0.39, 0.29) is 6.61 Å². The molecule has 0 unspecified atom stereocenters. The van der Waals surface area contributed by atoms with E-state index in [1.165, 1.54) is 0 Å². The predicted molar refractivity (Wildman–Crippen MR) is 40.3 cm³/mol. The summed E-state index contributed by atoms with van der Waals surface area (Å²) in [5.41, 5.74) is -1.35. The van der Waals surface area contributed by atoms with Crippen molar-refractivity contribution in [3.63, 3.8) is 0 Å². The zero-order chi connectivity index (χ0) is 10.1. The van der Waals surface area contributed by atoms with Crippen LogP contribution in [-0.2, 0) is 9.53 Å². The Kier molecular flexibility index (Phi) is 2.56. The molecular formula is C8H12F2O3. The maximum atomic E-state index is 12.5. The third kappa shape index (κ3) is 1.80. The van der Waals surface area contributed by atoms with Crippen LogP contribution < -0.4 is 0 Å². The highest BCUT2D eigenvalue weighted by Crippen LogP contribution is 2.52. The second-order valence-corrected chi connectivity index (χ2v) is 3.37. The molecule has 1 aliphatic carbocycles. The van der Waals surface area contributed by atoms with Gasteiger partial charge in [-0.15, -0.1) is 0 Å². The third-order valence-corrected chi connectivity index (χ3v) is 2.21. The van der Waals surface area contributed by atoms with Crippen LogP contribution in [-0.4, -0.2) is 30.2 Å². The normalized spacial score (nSPS) is 23.4. The molecule has 1 aliphatic rings. The summed E-state index contributed by atoms with van der Waals surface area (Å²) in [4.78, 5) is 11.2. The molecule has 76 valence electrons. The number of rotatable bonds is 3. The summed E-state index contributed by atoms with van der Waals surface area (Å²) in [7, 11) is 0. The van der Waals surface area contributed by atoms with Crippen LogP contribution in [0.25, 0.3) is 0 Å². The Morgan fingerprint density at radius 3 is 2.38 bits per heavy atom. The molecule has 1 N–H and O–H groups in total. The van der Waals surface area contributed by atoms with Crippen LogP contribution in [0.1, 0.15) is 19.8 Å². The Bertz CT molecular complexity index is 207. The first-order valence-corrected chi connectivity index (χ1v) is 4.12. The first kappa shape index (κ1) is 10.4. The Balaban J connectivity index is 2.59. The number of halogens is 2. The van der Waals surface area contributed by atoms with Crippen molar-refractivity contribution in [3.8, 4) is 0 Å². The van der Waals surface area contributed by atoms with Crippen molar-refractivity contribution in [1.29, 1.82) is 0 Å². The fourth-order valence-corrected chi connectivity index (χ4v) is 1.54. The van der Waals surface area contributed by atoms with E-state index in [1.54, 1.807) is 6.92 Å². The van der Waals surface area contributed by atoms with Gasteiger partial charge in [-0.2, -0.15) is 0 Å². The third-order valence-electron chi connectivity index (χ3n) is 2.21. The zero-order valence-electron chi connectivity index (χ0n) is 7.35. The van der Waals surface area contributed by atoms with Crippen LogP contribution in [0, 0.1) is 5.41 Å². The summed E-state index contributed by atoms with van der Waals surface area (Å²) in [6, 6.07) is 0. The SMILES string of the molecule is CCOC(=O)C1(CO)CC(F)(F)C1. The number of carbonyl (C=O) groups excluding carboxylic acids is 1. The van der Waals surface area contributed by atoms with Gasteiger partial charge >= 0.3 is 5.97 Å². The molecule has 1 rings (SSSR count). The van der Waals surface area contributed by atoms with Gasteiger partial charge in [0.25, 0.3) is 5.92 Å². The topological polar surface area (TPSA) is 46.5 Å². The molecule has 0 aromatic heterocycles. The van der Waals surface area contributed by atoms with E-state index in [2.05, 4.69) is 4.74 Å². The molecule has 0 radical (unpaired) electrons. The maximum absolute atomic E-state index is 12.5. The van der Waals surface area contributed by atoms with Gasteiger partial charge in [0.15, 0.2) is 0 Å². The predicted octanol–water partition coefficient (Wildman–Crippen LogP) is 0.957. The van der Waals surface area contributed by atoms with Crippen LogP contribution in [0.3, 0.4) is 0 Å². The van der Waals surface area contributed by atoms with E-state index in [9.17, 15) is 13.6 Å². The van der Waals surface area contributed by atoms with Crippen molar-refractivity contribution in [2.75, 3.05) is 13.2 Å². The second kappa shape index (κ2) is 3.21. The number of aliphatic hydroxyl groups is 1. The molecule has 1 saturated carbocycles. The van der Waals surface area contributed by atoms with E-state index in [4.69, 9.17) is 5.11 Å². The fourth-order valence-electron chi connectivity index (χ4n) is 1.54. The van der Waals surface area contributed by atoms with Crippen molar-refractivity contribution < 1.29 is 23.4 Å². The summed E-state index contributed by atoms with van der Waals surface area (Å²) < 4.78 is 29.6. The largest absolute Gasteiger partial charge is 0.465 e. The first-order chi connectivity index (χ1) is 5.96. The number of ether oxygens (including phenoxy) is 1. The molecule has 0 aliphatic heterocycles. The lowest BCUT2D eigenvalue weighted by Crippen LogP contribution is -2.54. The quantitative estimate of drug-likeness (QED) is 0.680. The second-order valence-electron chi connectivity index (χ2n) is 3.37. The Morgan fingerprint density at radius 1 is 1.54 bits per heavy atom. The Morgan fingerprint density at radius 2 is 2.08 bits per heavy atom. The Hall–Kier alpha value is -0.710. The molecule has 0 bridgehead atoms. The standard InChI is InChI=1S/C8H12F2O3/c1-2-13-6(12)7(5-11)3-8(9,10)4-7/h11H,2-5H2,1H3. The van der Waals surface area contributed by atoms with Gasteiger partial charge < -0.3 is 9.84 Å². The number of alkyl halides is 2. The van der Waals surface area contributed by atoms with Crippen LogP contribution in [0.5, 0.6) is 0 Å². The first-order valence-electron chi connectivity index (χ1n) is 4.12. The molecule has 3 nitrogen and oxygen atoms in total. The summed E-state index contributed by atoms with van der Waals surface area (Å²) in [6.07, 6.45) is -1.20. The van der Waals surface area contributed by atoms with Crippen LogP contribution in [0.15, 0.2) is 0 Å². The fraction of sp³-hybridized carbons (Fsp3) is 0.875. The highest BCUT2D eigenvalue weighted by Gasteiger charge is 2.61. The van der Waals surface area contributed by atoms with E-state index in [1.807, 2.05) is 0 Å². The van der Waals surface area contributed by atoms with Crippen molar-refractivity contribution in [3.05, 3.63) is 0 Å². The minimum Gasteiger partial charge on any atom is -0.465 e. The molecule has 0 atom stereocenters. The molecule has 0 heterocycles. The molecular weight excluding hydrogens is 182 g/mol. The lowest BCUT2D eigenvalue weighted by atomic mass is 9.66. The van der Waals surface area contributed by atoms with Gasteiger partial charge in [-0.3, -0.25) is 4.79 Å².